The van der Waals surface area contributed by atoms with Crippen LogP contribution in [0.25, 0.3) is 0 Å². The van der Waals surface area contributed by atoms with Gasteiger partial charge in [-0.25, -0.2) is 13.1 Å². The first-order valence-electron chi connectivity index (χ1n) is 8.29. The zero-order valence-electron chi connectivity index (χ0n) is 14.0. The first kappa shape index (κ1) is 18.1. The van der Waals surface area contributed by atoms with Gasteiger partial charge in [-0.05, 0) is 43.9 Å². The van der Waals surface area contributed by atoms with Gasteiger partial charge < -0.3 is 20.5 Å². The summed E-state index contributed by atoms with van der Waals surface area (Å²) in [5.41, 5.74) is 5.85. The molecule has 8 nitrogen and oxygen atoms in total. The van der Waals surface area contributed by atoms with Crippen molar-refractivity contribution in [1.82, 2.24) is 4.72 Å². The van der Waals surface area contributed by atoms with Crippen LogP contribution in [-0.2, 0) is 19.6 Å². The Morgan fingerprint density at radius 2 is 2.08 bits per heavy atom. The smallest absolute Gasteiger partial charge is 0.253 e. The number of hydrogen-bond donors (Lipinski definition) is 3. The van der Waals surface area contributed by atoms with E-state index in [-0.39, 0.29) is 22.9 Å². The van der Waals surface area contributed by atoms with Crippen LogP contribution in [0.15, 0.2) is 23.1 Å². The summed E-state index contributed by atoms with van der Waals surface area (Å²) in [6.45, 7) is 0.369. The number of benzene rings is 1. The lowest BCUT2D eigenvalue weighted by atomic mass is 10.2. The van der Waals surface area contributed by atoms with E-state index in [2.05, 4.69) is 10.0 Å². The lowest BCUT2D eigenvalue weighted by Gasteiger charge is -2.16. The molecule has 3 rings (SSSR count). The summed E-state index contributed by atoms with van der Waals surface area (Å²) in [7, 11) is -2.16. The quantitative estimate of drug-likeness (QED) is 0.647. The highest BCUT2D eigenvalue weighted by Crippen LogP contribution is 2.30. The van der Waals surface area contributed by atoms with E-state index in [1.54, 1.807) is 0 Å². The van der Waals surface area contributed by atoms with Crippen molar-refractivity contribution in [3.05, 3.63) is 18.2 Å². The van der Waals surface area contributed by atoms with Gasteiger partial charge in [-0.3, -0.25) is 4.79 Å². The number of amides is 1. The average Bonchev–Trinajstić information content (AvgIpc) is 3.25. The van der Waals surface area contributed by atoms with Crippen LogP contribution < -0.4 is 20.5 Å². The van der Waals surface area contributed by atoms with E-state index in [1.807, 2.05) is 0 Å². The van der Waals surface area contributed by atoms with Gasteiger partial charge in [0.1, 0.15) is 11.9 Å². The molecule has 4 N–H and O–H groups in total. The molecule has 0 radical (unpaired) electrons. The zero-order chi connectivity index (χ0) is 18.0. The molecule has 1 saturated heterocycles. The molecule has 1 aliphatic heterocycles. The number of carbonyl (C=O) groups is 1. The summed E-state index contributed by atoms with van der Waals surface area (Å²) in [4.78, 5) is 12.5. The Morgan fingerprint density at radius 1 is 1.32 bits per heavy atom. The summed E-state index contributed by atoms with van der Waals surface area (Å²) in [6.07, 6.45) is 2.29. The minimum absolute atomic E-state index is 0.00484. The standard InChI is InChI=1S/C16H23N3O5S/c1-23-14-7-5-12(25(21,22)19-10-2-3-10)8-13(14)18-16(20)15-6-4-11(9-17)24-15/h5,7-8,10-11,15,19H,2-4,6,9,17H2,1H3,(H,18,20)/t11-,15+/m1/s1. The molecule has 1 aromatic carbocycles. The molecule has 1 aromatic rings. The Kier molecular flexibility index (Phi) is 5.28. The fourth-order valence-electron chi connectivity index (χ4n) is 2.73. The van der Waals surface area contributed by atoms with Crippen LogP contribution in [0.1, 0.15) is 25.7 Å². The number of nitrogens with one attached hydrogen (secondary N) is 2. The lowest BCUT2D eigenvalue weighted by Crippen LogP contribution is -2.30. The maximum atomic E-state index is 12.4. The number of nitrogens with two attached hydrogens (primary N) is 1. The molecule has 1 saturated carbocycles. The first-order chi connectivity index (χ1) is 11.9. The Hall–Kier alpha value is -1.68. The second kappa shape index (κ2) is 7.28. The van der Waals surface area contributed by atoms with E-state index in [0.29, 0.717) is 24.4 Å². The lowest BCUT2D eigenvalue weighted by molar-refractivity contribution is -0.126. The summed E-state index contributed by atoms with van der Waals surface area (Å²) in [6, 6.07) is 4.38. The minimum atomic E-state index is -3.62. The molecule has 1 amide bonds. The Morgan fingerprint density at radius 3 is 2.68 bits per heavy atom. The largest absolute Gasteiger partial charge is 0.495 e. The number of ether oxygens (including phenoxy) is 2. The number of anilines is 1. The van der Waals surface area contributed by atoms with Gasteiger partial charge in [-0.15, -0.1) is 0 Å². The van der Waals surface area contributed by atoms with Crippen LogP contribution >= 0.6 is 0 Å². The highest BCUT2D eigenvalue weighted by Gasteiger charge is 2.31. The number of carbonyl (C=O) groups excluding carboxylic acids is 1. The highest BCUT2D eigenvalue weighted by molar-refractivity contribution is 7.89. The molecular formula is C16H23N3O5S. The topological polar surface area (TPSA) is 120 Å². The highest BCUT2D eigenvalue weighted by atomic mass is 32.2. The van der Waals surface area contributed by atoms with Crippen molar-refractivity contribution < 1.29 is 22.7 Å². The van der Waals surface area contributed by atoms with Gasteiger partial charge >= 0.3 is 0 Å². The third-order valence-corrected chi connectivity index (χ3v) is 5.82. The maximum absolute atomic E-state index is 12.4. The Bertz CT molecular complexity index is 748. The second-order valence-electron chi connectivity index (χ2n) is 6.31. The van der Waals surface area contributed by atoms with Crippen LogP contribution in [-0.4, -0.2) is 46.2 Å². The normalized spacial score (nSPS) is 23.4. The van der Waals surface area contributed by atoms with Gasteiger partial charge in [-0.2, -0.15) is 0 Å². The van der Waals surface area contributed by atoms with Crippen molar-refractivity contribution in [1.29, 1.82) is 0 Å². The van der Waals surface area contributed by atoms with E-state index < -0.39 is 16.1 Å². The van der Waals surface area contributed by atoms with Crippen molar-refractivity contribution in [3.63, 3.8) is 0 Å². The van der Waals surface area contributed by atoms with Crippen LogP contribution in [0.4, 0.5) is 5.69 Å². The van der Waals surface area contributed by atoms with Gasteiger partial charge in [0.25, 0.3) is 5.91 Å². The molecule has 0 bridgehead atoms. The number of sulfonamides is 1. The molecule has 0 aromatic heterocycles. The molecule has 2 atom stereocenters. The van der Waals surface area contributed by atoms with Crippen molar-refractivity contribution in [3.8, 4) is 5.75 Å². The summed E-state index contributed by atoms with van der Waals surface area (Å²) in [5.74, 6) is 0.0473. The molecule has 2 fully saturated rings. The molecule has 1 aliphatic carbocycles. The molecule has 1 heterocycles. The Balaban J connectivity index is 1.77. The van der Waals surface area contributed by atoms with Gasteiger partial charge in [0, 0.05) is 12.6 Å². The van der Waals surface area contributed by atoms with Crippen LogP contribution in [0.3, 0.4) is 0 Å². The number of methoxy groups -OCH3 is 1. The third kappa shape index (κ3) is 4.30. The maximum Gasteiger partial charge on any atom is 0.253 e. The fraction of sp³-hybridized carbons (Fsp3) is 0.562. The van der Waals surface area contributed by atoms with Gasteiger partial charge in [0.15, 0.2) is 0 Å². The van der Waals surface area contributed by atoms with Crippen molar-refractivity contribution in [2.45, 2.75) is 48.8 Å². The van der Waals surface area contributed by atoms with Crippen molar-refractivity contribution in [2.75, 3.05) is 19.0 Å². The third-order valence-electron chi connectivity index (χ3n) is 4.30. The molecule has 2 aliphatic rings. The predicted octanol–water partition coefficient (Wildman–Crippen LogP) is 0.581. The van der Waals surface area contributed by atoms with E-state index in [1.165, 1.54) is 25.3 Å². The van der Waals surface area contributed by atoms with E-state index in [0.717, 1.165) is 19.3 Å². The zero-order valence-corrected chi connectivity index (χ0v) is 14.8. The average molecular weight is 369 g/mol. The summed E-state index contributed by atoms with van der Waals surface area (Å²) >= 11 is 0. The van der Waals surface area contributed by atoms with E-state index >= 15 is 0 Å². The van der Waals surface area contributed by atoms with Crippen molar-refractivity contribution >= 4 is 21.6 Å². The first-order valence-corrected chi connectivity index (χ1v) is 9.78. The number of rotatable bonds is 7. The molecule has 0 spiro atoms. The van der Waals surface area contributed by atoms with E-state index in [4.69, 9.17) is 15.2 Å². The fourth-order valence-corrected chi connectivity index (χ4v) is 4.06. The Labute approximate surface area is 147 Å². The van der Waals surface area contributed by atoms with Gasteiger partial charge in [0.2, 0.25) is 10.0 Å². The molecule has 138 valence electrons. The predicted molar refractivity (Wildman–Crippen MR) is 91.9 cm³/mol. The monoisotopic (exact) mass is 369 g/mol. The molecule has 25 heavy (non-hydrogen) atoms. The van der Waals surface area contributed by atoms with Crippen LogP contribution in [0, 0.1) is 0 Å². The second-order valence-corrected chi connectivity index (χ2v) is 8.02. The SMILES string of the molecule is COc1ccc(S(=O)(=O)NC2CC2)cc1NC(=O)[C@@H]1CC[C@H](CN)O1. The number of hydrogen-bond acceptors (Lipinski definition) is 6. The molecular weight excluding hydrogens is 346 g/mol. The molecule has 9 heteroatoms. The van der Waals surface area contributed by atoms with Crippen LogP contribution in [0.2, 0.25) is 0 Å². The van der Waals surface area contributed by atoms with Gasteiger partial charge in [0.05, 0.1) is 23.8 Å². The van der Waals surface area contributed by atoms with E-state index in [9.17, 15) is 13.2 Å². The summed E-state index contributed by atoms with van der Waals surface area (Å²) < 4.78 is 38.1. The summed E-state index contributed by atoms with van der Waals surface area (Å²) in [5, 5.41) is 2.71. The molecule has 0 unspecified atom stereocenters. The minimum Gasteiger partial charge on any atom is -0.495 e. The van der Waals surface area contributed by atoms with Gasteiger partial charge in [-0.1, -0.05) is 0 Å². The van der Waals surface area contributed by atoms with Crippen molar-refractivity contribution in [2.24, 2.45) is 5.73 Å². The van der Waals surface area contributed by atoms with Crippen LogP contribution in [0.5, 0.6) is 5.75 Å².